The number of hydrogen-bond acceptors (Lipinski definition) is 4. The second-order valence-corrected chi connectivity index (χ2v) is 9.75. The van der Waals surface area contributed by atoms with Crippen molar-refractivity contribution in [1.82, 2.24) is 15.5 Å². The first kappa shape index (κ1) is 29.3. The third-order valence-electron chi connectivity index (χ3n) is 5.95. The van der Waals surface area contributed by atoms with Gasteiger partial charge in [0.15, 0.2) is 5.76 Å². The summed E-state index contributed by atoms with van der Waals surface area (Å²) in [6, 6.07) is 9.48. The molecule has 1 heterocycles. The number of carbonyl (C=O) groups is 3. The summed E-state index contributed by atoms with van der Waals surface area (Å²) >= 11 is 11.9. The van der Waals surface area contributed by atoms with Gasteiger partial charge < -0.3 is 20.6 Å². The molecule has 204 valence electrons. The predicted octanol–water partition coefficient (Wildman–Crippen LogP) is 4.46. The van der Waals surface area contributed by atoms with Crippen molar-refractivity contribution in [2.24, 2.45) is 0 Å². The Bertz CT molecular complexity index is 1250. The van der Waals surface area contributed by atoms with Crippen LogP contribution in [-0.2, 0) is 33.4 Å². The fourth-order valence-electron chi connectivity index (χ4n) is 3.87. The van der Waals surface area contributed by atoms with E-state index >= 15 is 0 Å². The molecule has 12 heteroatoms. The Labute approximate surface area is 227 Å². The molecule has 0 bridgehead atoms. The van der Waals surface area contributed by atoms with E-state index in [0.717, 1.165) is 17.7 Å². The van der Waals surface area contributed by atoms with Crippen molar-refractivity contribution in [2.75, 3.05) is 19.6 Å². The Balaban J connectivity index is 1.44. The number of alkyl halides is 3. The minimum absolute atomic E-state index is 0.000877. The lowest BCUT2D eigenvalue weighted by molar-refractivity contribution is -0.137. The highest BCUT2D eigenvalue weighted by molar-refractivity contribution is 6.42. The van der Waals surface area contributed by atoms with Crippen molar-refractivity contribution in [3.8, 4) is 0 Å². The van der Waals surface area contributed by atoms with E-state index in [-0.39, 0.29) is 43.2 Å². The fraction of sp³-hybridized carbons (Fsp3) is 0.346. The van der Waals surface area contributed by atoms with Crippen LogP contribution < -0.4 is 10.6 Å². The molecule has 0 spiro atoms. The Kier molecular flexibility index (Phi) is 9.67. The van der Waals surface area contributed by atoms with Crippen LogP contribution in [0, 0.1) is 0 Å². The number of nitrogens with zero attached hydrogens (tertiary/aromatic N) is 1. The highest BCUT2D eigenvalue weighted by Crippen LogP contribution is 2.29. The Morgan fingerprint density at radius 3 is 2.53 bits per heavy atom. The monoisotopic (exact) mass is 571 g/mol. The molecule has 0 aromatic heterocycles. The molecular weight excluding hydrogens is 546 g/mol. The van der Waals surface area contributed by atoms with Crippen molar-refractivity contribution >= 4 is 40.9 Å². The van der Waals surface area contributed by atoms with Gasteiger partial charge in [-0.05, 0) is 49.1 Å². The van der Waals surface area contributed by atoms with Crippen LogP contribution >= 0.6 is 23.2 Å². The highest BCUT2D eigenvalue weighted by Gasteiger charge is 2.34. The zero-order valence-corrected chi connectivity index (χ0v) is 21.9. The van der Waals surface area contributed by atoms with Gasteiger partial charge in [0, 0.05) is 19.1 Å². The van der Waals surface area contributed by atoms with E-state index in [1.54, 1.807) is 19.1 Å². The summed E-state index contributed by atoms with van der Waals surface area (Å²) in [5.74, 6) is -2.50. The highest BCUT2D eigenvalue weighted by atomic mass is 35.5. The zero-order chi connectivity index (χ0) is 28.0. The first-order valence-corrected chi connectivity index (χ1v) is 12.5. The number of aliphatic hydroxyl groups excluding tert-OH is 1. The van der Waals surface area contributed by atoms with E-state index < -0.39 is 35.2 Å². The van der Waals surface area contributed by atoms with Crippen LogP contribution in [0.3, 0.4) is 0 Å². The maximum absolute atomic E-state index is 12.8. The van der Waals surface area contributed by atoms with Gasteiger partial charge in [-0.15, -0.1) is 0 Å². The van der Waals surface area contributed by atoms with Crippen LogP contribution in [0.4, 0.5) is 13.2 Å². The van der Waals surface area contributed by atoms with Crippen LogP contribution in [0.2, 0.25) is 10.0 Å². The summed E-state index contributed by atoms with van der Waals surface area (Å²) in [5, 5.41) is 16.4. The lowest BCUT2D eigenvalue weighted by Crippen LogP contribution is -2.38. The summed E-state index contributed by atoms with van der Waals surface area (Å²) in [6.07, 6.45) is -3.58. The van der Waals surface area contributed by atoms with Crippen LogP contribution in [0.1, 0.15) is 30.0 Å². The second kappa shape index (κ2) is 12.5. The molecule has 0 fully saturated rings. The topological polar surface area (TPSA) is 98.7 Å². The fourth-order valence-corrected chi connectivity index (χ4v) is 4.19. The first-order valence-electron chi connectivity index (χ1n) is 11.7. The molecule has 2 aromatic carbocycles. The molecule has 3 rings (SSSR count). The Hall–Kier alpha value is -3.24. The molecule has 38 heavy (non-hydrogen) atoms. The van der Waals surface area contributed by atoms with Gasteiger partial charge in [0.25, 0.3) is 11.8 Å². The van der Waals surface area contributed by atoms with E-state index in [1.807, 2.05) is 6.07 Å². The minimum atomic E-state index is -4.51. The molecule has 1 aliphatic heterocycles. The number of aliphatic hydroxyl groups is 1. The Morgan fingerprint density at radius 2 is 1.84 bits per heavy atom. The van der Waals surface area contributed by atoms with Gasteiger partial charge in [-0.3, -0.25) is 14.4 Å². The molecule has 0 saturated heterocycles. The van der Waals surface area contributed by atoms with Crippen LogP contribution in [0.5, 0.6) is 0 Å². The zero-order valence-electron chi connectivity index (χ0n) is 20.4. The summed E-state index contributed by atoms with van der Waals surface area (Å²) in [4.78, 5) is 38.4. The normalized spacial score (nSPS) is 14.6. The predicted molar refractivity (Wildman–Crippen MR) is 137 cm³/mol. The average Bonchev–Trinajstić information content (AvgIpc) is 3.13. The maximum Gasteiger partial charge on any atom is 0.416 e. The number of hydrogen-bond donors (Lipinski definition) is 3. The summed E-state index contributed by atoms with van der Waals surface area (Å²) in [5.41, 5.74) is 0.217. The molecule has 1 unspecified atom stereocenters. The molecule has 0 aliphatic carbocycles. The number of rotatable bonds is 10. The largest absolute Gasteiger partial charge is 0.503 e. The van der Waals surface area contributed by atoms with Gasteiger partial charge in [-0.2, -0.15) is 13.2 Å². The van der Waals surface area contributed by atoms with Gasteiger partial charge in [0.05, 0.1) is 34.1 Å². The van der Waals surface area contributed by atoms with Crippen molar-refractivity contribution < 1.29 is 32.7 Å². The van der Waals surface area contributed by atoms with Crippen molar-refractivity contribution in [1.29, 1.82) is 0 Å². The molecule has 1 atom stereocenters. The molecule has 0 saturated carbocycles. The van der Waals surface area contributed by atoms with E-state index in [9.17, 15) is 32.7 Å². The lowest BCUT2D eigenvalue weighted by Gasteiger charge is -2.17. The number of aryl methyl sites for hydroxylation is 1. The molecular formula is C26H26Cl2F3N3O4. The summed E-state index contributed by atoms with van der Waals surface area (Å²) in [6.45, 7) is 1.65. The molecule has 7 nitrogen and oxygen atoms in total. The van der Waals surface area contributed by atoms with Gasteiger partial charge in [-0.1, -0.05) is 47.5 Å². The average molecular weight is 572 g/mol. The van der Waals surface area contributed by atoms with Crippen molar-refractivity contribution in [2.45, 2.75) is 38.4 Å². The Morgan fingerprint density at radius 1 is 1.11 bits per heavy atom. The van der Waals surface area contributed by atoms with E-state index in [0.29, 0.717) is 22.9 Å². The summed E-state index contributed by atoms with van der Waals surface area (Å²) < 4.78 is 38.5. The van der Waals surface area contributed by atoms with Crippen molar-refractivity contribution in [3.63, 3.8) is 0 Å². The SMILES string of the molecule is CC(CCc1ccc(Cl)c(Cl)c1)NC(=O)C1=C(O)C(=O)N(CCNC(=O)Cc2cccc(C(F)(F)F)c2)C1. The van der Waals surface area contributed by atoms with Crippen LogP contribution in [-0.4, -0.2) is 53.4 Å². The lowest BCUT2D eigenvalue weighted by atomic mass is 10.1. The number of amides is 3. The van der Waals surface area contributed by atoms with E-state index in [4.69, 9.17) is 23.2 Å². The first-order chi connectivity index (χ1) is 17.8. The molecule has 1 aliphatic rings. The quantitative estimate of drug-likeness (QED) is 0.392. The van der Waals surface area contributed by atoms with E-state index in [1.165, 1.54) is 17.0 Å². The van der Waals surface area contributed by atoms with Crippen LogP contribution in [0.15, 0.2) is 53.8 Å². The number of carbonyl (C=O) groups excluding carboxylic acids is 3. The summed E-state index contributed by atoms with van der Waals surface area (Å²) in [7, 11) is 0. The molecule has 2 aromatic rings. The van der Waals surface area contributed by atoms with Gasteiger partial charge >= 0.3 is 6.18 Å². The standard InChI is InChI=1S/C26H26Cl2F3N3O4/c1-15(5-6-16-7-8-20(27)21(28)12-16)33-24(37)19-14-34(25(38)23(19)36)10-9-32-22(35)13-17-3-2-4-18(11-17)26(29,30)31/h2-4,7-8,11-12,15,36H,5-6,9-10,13-14H2,1H3,(H,32,35)(H,33,37). The van der Waals surface area contributed by atoms with Crippen molar-refractivity contribution in [3.05, 3.63) is 80.5 Å². The third kappa shape index (κ3) is 7.88. The molecule has 0 radical (unpaired) electrons. The van der Waals surface area contributed by atoms with E-state index in [2.05, 4.69) is 10.6 Å². The number of nitrogens with one attached hydrogen (secondary N) is 2. The van der Waals surface area contributed by atoms with Gasteiger partial charge in [0.1, 0.15) is 0 Å². The third-order valence-corrected chi connectivity index (χ3v) is 6.69. The second-order valence-electron chi connectivity index (χ2n) is 8.94. The van der Waals surface area contributed by atoms with Gasteiger partial charge in [0.2, 0.25) is 5.91 Å². The van der Waals surface area contributed by atoms with Crippen LogP contribution in [0.25, 0.3) is 0 Å². The molecule has 3 N–H and O–H groups in total. The number of halogens is 5. The minimum Gasteiger partial charge on any atom is -0.503 e. The maximum atomic E-state index is 12.8. The smallest absolute Gasteiger partial charge is 0.416 e. The van der Waals surface area contributed by atoms with Gasteiger partial charge in [-0.25, -0.2) is 0 Å². The molecule has 3 amide bonds. The number of benzene rings is 2.